The van der Waals surface area contributed by atoms with Crippen molar-refractivity contribution in [3.8, 4) is 0 Å². The Bertz CT molecular complexity index is 684. The average molecular weight is 407 g/mol. The summed E-state index contributed by atoms with van der Waals surface area (Å²) in [6, 6.07) is 4.09. The molecule has 1 aliphatic carbocycles. The molecular weight excluding hydrogens is 371 g/mol. The van der Waals surface area contributed by atoms with Gasteiger partial charge in [0.1, 0.15) is 9.12 Å². The molecular formula is C23H35O4P. The molecule has 1 saturated carbocycles. The zero-order valence-electron chi connectivity index (χ0n) is 18.0. The zero-order valence-corrected chi connectivity index (χ0v) is 19.0. The SMILES string of the molecule is CCCCC(C)(C(=O)O)C1(C(=O)c2c(C)cc(C)cc2C)CCCCC1.O=P. The van der Waals surface area contributed by atoms with E-state index in [0.717, 1.165) is 54.4 Å². The van der Waals surface area contributed by atoms with Crippen LogP contribution in [0, 0.1) is 31.6 Å². The molecule has 0 saturated heterocycles. The van der Waals surface area contributed by atoms with E-state index in [9.17, 15) is 14.7 Å². The Morgan fingerprint density at radius 3 is 2.00 bits per heavy atom. The topological polar surface area (TPSA) is 71.4 Å². The van der Waals surface area contributed by atoms with Gasteiger partial charge in [0.05, 0.1) is 5.41 Å². The largest absolute Gasteiger partial charge is 0.481 e. The van der Waals surface area contributed by atoms with Crippen LogP contribution in [0.15, 0.2) is 12.1 Å². The van der Waals surface area contributed by atoms with E-state index in [-0.39, 0.29) is 5.78 Å². The third kappa shape index (κ3) is 4.54. The minimum atomic E-state index is -1.01. The summed E-state index contributed by atoms with van der Waals surface area (Å²) in [5.74, 6) is -0.753. The van der Waals surface area contributed by atoms with Gasteiger partial charge < -0.3 is 5.11 Å². The number of carboxylic acids is 1. The highest BCUT2D eigenvalue weighted by Crippen LogP contribution is 2.55. The first-order chi connectivity index (χ1) is 13.2. The molecule has 1 aromatic carbocycles. The standard InChI is InChI=1S/C23H34O3.HOP/c1-6-7-11-22(5,21(25)26)23(12-9-8-10-13-23)20(24)19-17(3)14-16(2)15-18(19)4;1-2/h14-15H,6-13H2,1-5H3,(H,25,26);2H. The first-order valence-electron chi connectivity index (χ1n) is 10.3. The van der Waals surface area contributed by atoms with Gasteiger partial charge in [0.15, 0.2) is 5.78 Å². The van der Waals surface area contributed by atoms with Crippen LogP contribution < -0.4 is 0 Å². The first kappa shape index (κ1) is 24.5. The molecule has 0 bridgehead atoms. The lowest BCUT2D eigenvalue weighted by atomic mass is 9.53. The number of aliphatic carboxylic acids is 1. The normalized spacial score (nSPS) is 17.8. The number of Topliss-reactive ketones (excluding diaryl/α,β-unsaturated/α-hetero) is 1. The Morgan fingerprint density at radius 1 is 1.07 bits per heavy atom. The molecule has 0 heterocycles. The second kappa shape index (κ2) is 10.3. The van der Waals surface area contributed by atoms with Crippen LogP contribution in [-0.4, -0.2) is 16.9 Å². The van der Waals surface area contributed by atoms with Crippen LogP contribution in [0.4, 0.5) is 0 Å². The Kier molecular flexibility index (Phi) is 9.01. The quantitative estimate of drug-likeness (QED) is 0.414. The van der Waals surface area contributed by atoms with Crippen molar-refractivity contribution >= 4 is 20.9 Å². The molecule has 1 N–H and O–H groups in total. The monoisotopic (exact) mass is 406 g/mol. The van der Waals surface area contributed by atoms with E-state index in [2.05, 4.69) is 6.92 Å². The minimum absolute atomic E-state index is 0.0632. The Morgan fingerprint density at radius 2 is 1.57 bits per heavy atom. The summed E-state index contributed by atoms with van der Waals surface area (Å²) in [6.07, 6.45) is 6.67. The Balaban J connectivity index is 0.00000190. The summed E-state index contributed by atoms with van der Waals surface area (Å²) in [4.78, 5) is 26.4. The molecule has 1 unspecified atom stereocenters. The van der Waals surface area contributed by atoms with Gasteiger partial charge in [0.25, 0.3) is 0 Å². The number of ketones is 1. The lowest BCUT2D eigenvalue weighted by Crippen LogP contribution is -2.52. The van der Waals surface area contributed by atoms with Crippen molar-refractivity contribution in [2.24, 2.45) is 10.8 Å². The number of rotatable bonds is 7. The molecule has 156 valence electrons. The molecule has 1 fully saturated rings. The van der Waals surface area contributed by atoms with Crippen molar-refractivity contribution in [1.82, 2.24) is 0 Å². The molecule has 4 nitrogen and oxygen atoms in total. The summed E-state index contributed by atoms with van der Waals surface area (Å²) in [6.45, 7) is 9.90. The smallest absolute Gasteiger partial charge is 0.310 e. The summed E-state index contributed by atoms with van der Waals surface area (Å²) in [5.41, 5.74) is 2.03. The maximum absolute atomic E-state index is 13.9. The molecule has 5 heteroatoms. The molecule has 28 heavy (non-hydrogen) atoms. The predicted octanol–water partition coefficient (Wildman–Crippen LogP) is 6.50. The van der Waals surface area contributed by atoms with Gasteiger partial charge >= 0.3 is 5.97 Å². The van der Waals surface area contributed by atoms with Gasteiger partial charge in [-0.2, -0.15) is 0 Å². The third-order valence-electron chi connectivity index (χ3n) is 6.60. The fourth-order valence-electron chi connectivity index (χ4n) is 5.04. The fourth-order valence-corrected chi connectivity index (χ4v) is 5.04. The average Bonchev–Trinajstić information content (AvgIpc) is 2.67. The molecule has 0 aliphatic heterocycles. The number of carbonyl (C=O) groups is 2. The molecule has 0 spiro atoms. The van der Waals surface area contributed by atoms with Gasteiger partial charge in [0, 0.05) is 11.0 Å². The molecule has 1 aliphatic rings. The second-order valence-electron chi connectivity index (χ2n) is 8.49. The Labute approximate surface area is 171 Å². The summed E-state index contributed by atoms with van der Waals surface area (Å²) in [5, 5.41) is 10.2. The number of aryl methyl sites for hydroxylation is 3. The van der Waals surface area contributed by atoms with E-state index in [1.54, 1.807) is 9.12 Å². The van der Waals surface area contributed by atoms with Crippen molar-refractivity contribution in [3.05, 3.63) is 34.4 Å². The highest BCUT2D eigenvalue weighted by Gasteiger charge is 2.57. The van der Waals surface area contributed by atoms with Crippen LogP contribution in [0.2, 0.25) is 0 Å². The van der Waals surface area contributed by atoms with Crippen LogP contribution in [0.5, 0.6) is 0 Å². The summed E-state index contributed by atoms with van der Waals surface area (Å²) in [7, 11) is 1.72. The summed E-state index contributed by atoms with van der Waals surface area (Å²) >= 11 is 0. The summed E-state index contributed by atoms with van der Waals surface area (Å²) < 4.78 is 8.06. The van der Waals surface area contributed by atoms with Crippen molar-refractivity contribution < 1.29 is 19.3 Å². The van der Waals surface area contributed by atoms with E-state index >= 15 is 0 Å². The number of unbranched alkanes of at least 4 members (excludes halogenated alkanes) is 1. The fraction of sp³-hybridized carbons (Fsp3) is 0.652. The number of hydrogen-bond donors (Lipinski definition) is 1. The second-order valence-corrected chi connectivity index (χ2v) is 8.49. The lowest BCUT2D eigenvalue weighted by molar-refractivity contribution is -0.157. The highest BCUT2D eigenvalue weighted by atomic mass is 31.0. The van der Waals surface area contributed by atoms with Crippen LogP contribution in [0.25, 0.3) is 0 Å². The van der Waals surface area contributed by atoms with Crippen LogP contribution in [0.1, 0.15) is 92.3 Å². The Hall–Kier alpha value is -1.54. The zero-order chi connectivity index (χ0) is 21.5. The van der Waals surface area contributed by atoms with Gasteiger partial charge in [-0.15, -0.1) is 0 Å². The van der Waals surface area contributed by atoms with Gasteiger partial charge in [-0.05, 0) is 58.1 Å². The van der Waals surface area contributed by atoms with Crippen molar-refractivity contribution in [2.75, 3.05) is 0 Å². The highest BCUT2D eigenvalue weighted by molar-refractivity contribution is 7.00. The molecule has 2 rings (SSSR count). The van der Waals surface area contributed by atoms with Crippen molar-refractivity contribution in [3.63, 3.8) is 0 Å². The van der Waals surface area contributed by atoms with Gasteiger partial charge in [-0.25, -0.2) is 0 Å². The molecule has 0 amide bonds. The van der Waals surface area contributed by atoms with E-state index < -0.39 is 16.8 Å². The lowest BCUT2D eigenvalue weighted by Gasteiger charge is -2.48. The van der Waals surface area contributed by atoms with Crippen molar-refractivity contribution in [2.45, 2.75) is 86.0 Å². The van der Waals surface area contributed by atoms with Gasteiger partial charge in [-0.1, -0.05) is 56.7 Å². The number of benzene rings is 1. The van der Waals surface area contributed by atoms with Crippen LogP contribution in [0.3, 0.4) is 0 Å². The number of hydrogen-bond acceptors (Lipinski definition) is 3. The van der Waals surface area contributed by atoms with E-state index in [1.807, 2.05) is 39.8 Å². The third-order valence-corrected chi connectivity index (χ3v) is 6.60. The maximum atomic E-state index is 13.9. The van der Waals surface area contributed by atoms with Gasteiger partial charge in [-0.3, -0.25) is 14.2 Å². The van der Waals surface area contributed by atoms with Crippen molar-refractivity contribution in [1.29, 1.82) is 0 Å². The van der Waals surface area contributed by atoms with E-state index in [1.165, 1.54) is 0 Å². The van der Waals surface area contributed by atoms with Crippen LogP contribution in [-0.2, 0) is 9.36 Å². The number of carbonyl (C=O) groups excluding carboxylic acids is 1. The van der Waals surface area contributed by atoms with E-state index in [0.29, 0.717) is 19.3 Å². The van der Waals surface area contributed by atoms with E-state index in [4.69, 9.17) is 4.57 Å². The molecule has 0 radical (unpaired) electrons. The number of carboxylic acid groups (broad SMARTS) is 1. The first-order valence-corrected chi connectivity index (χ1v) is 10.7. The maximum Gasteiger partial charge on any atom is 0.310 e. The molecule has 0 aromatic heterocycles. The van der Waals surface area contributed by atoms with Crippen LogP contribution >= 0.6 is 9.12 Å². The van der Waals surface area contributed by atoms with Gasteiger partial charge in [0.2, 0.25) is 0 Å². The minimum Gasteiger partial charge on any atom is -0.481 e. The molecule has 1 atom stereocenters. The predicted molar refractivity (Wildman–Crippen MR) is 115 cm³/mol. The molecule has 1 aromatic rings.